The number of rotatable bonds is 8. The fourth-order valence-electron chi connectivity index (χ4n) is 4.12. The molecule has 0 unspecified atom stereocenters. The molecule has 2 aromatic carbocycles. The third-order valence-electron chi connectivity index (χ3n) is 6.13. The number of anilines is 1. The summed E-state index contributed by atoms with van der Waals surface area (Å²) in [5.41, 5.74) is 1.55. The van der Waals surface area contributed by atoms with Gasteiger partial charge >= 0.3 is 0 Å². The van der Waals surface area contributed by atoms with Gasteiger partial charge in [-0.15, -0.1) is 0 Å². The van der Waals surface area contributed by atoms with Gasteiger partial charge in [0.2, 0.25) is 5.91 Å². The number of aromatic nitrogens is 2. The molecule has 9 nitrogen and oxygen atoms in total. The predicted molar refractivity (Wildman–Crippen MR) is 135 cm³/mol. The van der Waals surface area contributed by atoms with E-state index in [1.165, 1.54) is 19.5 Å². The van der Waals surface area contributed by atoms with Crippen LogP contribution in [0.5, 0.6) is 5.75 Å². The highest BCUT2D eigenvalue weighted by atomic mass is 16.5. The van der Waals surface area contributed by atoms with Crippen LogP contribution in [0, 0.1) is 0 Å². The summed E-state index contributed by atoms with van der Waals surface area (Å²) in [6.45, 7) is 1.16. The van der Waals surface area contributed by atoms with E-state index in [0.29, 0.717) is 50.1 Å². The lowest BCUT2D eigenvalue weighted by Crippen LogP contribution is -2.46. The standard InChI is InChI=1S/C27H29N5O4/c1-36-22-9-5-8-20(18-22)26(34)31-25-24(28-14-15-29-25)27(35)30-21-12-16-32(17-13-21)23(33)11-10-19-6-3-2-4-7-19/h2-9,14-15,18,21H,10-13,16-17H2,1H3,(H,30,35)(H,29,31,34). The zero-order valence-corrected chi connectivity index (χ0v) is 20.1. The Hall–Kier alpha value is -4.27. The largest absolute Gasteiger partial charge is 0.497 e. The molecular formula is C27H29N5O4. The van der Waals surface area contributed by atoms with Gasteiger partial charge in [-0.2, -0.15) is 0 Å². The summed E-state index contributed by atoms with van der Waals surface area (Å²) in [6, 6.07) is 16.5. The summed E-state index contributed by atoms with van der Waals surface area (Å²) in [5.74, 6) is -0.0928. The number of benzene rings is 2. The van der Waals surface area contributed by atoms with Crippen molar-refractivity contribution in [1.82, 2.24) is 20.2 Å². The van der Waals surface area contributed by atoms with Crippen molar-refractivity contribution < 1.29 is 19.1 Å². The van der Waals surface area contributed by atoms with Gasteiger partial charge in [-0.25, -0.2) is 9.97 Å². The van der Waals surface area contributed by atoms with E-state index in [9.17, 15) is 14.4 Å². The van der Waals surface area contributed by atoms with Crippen LogP contribution in [-0.4, -0.2) is 58.8 Å². The van der Waals surface area contributed by atoms with E-state index in [1.807, 2.05) is 35.2 Å². The Balaban J connectivity index is 1.30. The predicted octanol–water partition coefficient (Wildman–Crippen LogP) is 3.09. The third-order valence-corrected chi connectivity index (χ3v) is 6.13. The maximum absolute atomic E-state index is 13.0. The van der Waals surface area contributed by atoms with E-state index in [2.05, 4.69) is 20.6 Å². The molecule has 0 spiro atoms. The number of hydrogen-bond donors (Lipinski definition) is 2. The van der Waals surface area contributed by atoms with Gasteiger partial charge in [0, 0.05) is 43.5 Å². The van der Waals surface area contributed by atoms with Gasteiger partial charge in [0.05, 0.1) is 7.11 Å². The molecule has 36 heavy (non-hydrogen) atoms. The van der Waals surface area contributed by atoms with Crippen molar-refractivity contribution in [3.05, 3.63) is 83.8 Å². The Morgan fingerprint density at radius 3 is 2.47 bits per heavy atom. The van der Waals surface area contributed by atoms with Crippen LogP contribution in [-0.2, 0) is 11.2 Å². The number of amides is 3. The summed E-state index contributed by atoms with van der Waals surface area (Å²) in [4.78, 5) is 48.4. The van der Waals surface area contributed by atoms with Crippen LogP contribution in [0.1, 0.15) is 45.7 Å². The zero-order valence-electron chi connectivity index (χ0n) is 20.1. The zero-order chi connectivity index (χ0) is 25.3. The van der Waals surface area contributed by atoms with Crippen molar-refractivity contribution in [2.75, 3.05) is 25.5 Å². The maximum Gasteiger partial charge on any atom is 0.273 e. The third kappa shape index (κ3) is 6.44. The second-order valence-corrected chi connectivity index (χ2v) is 8.55. The van der Waals surface area contributed by atoms with Crippen molar-refractivity contribution in [1.29, 1.82) is 0 Å². The molecular weight excluding hydrogens is 458 g/mol. The van der Waals surface area contributed by atoms with E-state index in [-0.39, 0.29) is 23.5 Å². The average molecular weight is 488 g/mol. The first-order chi connectivity index (χ1) is 17.5. The average Bonchev–Trinajstić information content (AvgIpc) is 2.93. The van der Waals surface area contributed by atoms with Crippen LogP contribution < -0.4 is 15.4 Å². The molecule has 0 bridgehead atoms. The Kier molecular flexibility index (Phi) is 8.23. The summed E-state index contributed by atoms with van der Waals surface area (Å²) in [5, 5.41) is 5.64. The second kappa shape index (κ2) is 11.9. The Morgan fingerprint density at radius 2 is 1.72 bits per heavy atom. The first-order valence-electron chi connectivity index (χ1n) is 11.9. The monoisotopic (exact) mass is 487 g/mol. The molecule has 9 heteroatoms. The number of methoxy groups -OCH3 is 1. The van der Waals surface area contributed by atoms with Gasteiger partial charge in [-0.3, -0.25) is 14.4 Å². The Bertz CT molecular complexity index is 1210. The normalized spacial score (nSPS) is 13.6. The van der Waals surface area contributed by atoms with Gasteiger partial charge < -0.3 is 20.3 Å². The van der Waals surface area contributed by atoms with E-state index in [0.717, 1.165) is 5.56 Å². The fraction of sp³-hybridized carbons (Fsp3) is 0.296. The number of piperidine rings is 1. The van der Waals surface area contributed by atoms with Crippen molar-refractivity contribution in [3.63, 3.8) is 0 Å². The first-order valence-corrected chi connectivity index (χ1v) is 11.9. The summed E-state index contributed by atoms with van der Waals surface area (Å²) in [7, 11) is 1.52. The number of hydrogen-bond acceptors (Lipinski definition) is 6. The molecule has 2 N–H and O–H groups in total. The summed E-state index contributed by atoms with van der Waals surface area (Å²) >= 11 is 0. The number of ether oxygens (including phenoxy) is 1. The molecule has 1 saturated heterocycles. The van der Waals surface area contributed by atoms with E-state index >= 15 is 0 Å². The molecule has 3 aromatic rings. The number of likely N-dealkylation sites (tertiary alicyclic amines) is 1. The number of carbonyl (C=O) groups excluding carboxylic acids is 3. The topological polar surface area (TPSA) is 114 Å². The molecule has 1 aliphatic rings. The molecule has 4 rings (SSSR count). The highest BCUT2D eigenvalue weighted by Crippen LogP contribution is 2.17. The van der Waals surface area contributed by atoms with Gasteiger partial charge in [0.1, 0.15) is 5.75 Å². The minimum atomic E-state index is -0.425. The van der Waals surface area contributed by atoms with Crippen LogP contribution in [0.3, 0.4) is 0 Å². The van der Waals surface area contributed by atoms with Crippen LogP contribution in [0.2, 0.25) is 0 Å². The number of nitrogens with one attached hydrogen (secondary N) is 2. The molecule has 1 aliphatic heterocycles. The van der Waals surface area contributed by atoms with Crippen LogP contribution in [0.15, 0.2) is 67.0 Å². The molecule has 0 atom stereocenters. The maximum atomic E-state index is 13.0. The SMILES string of the molecule is COc1cccc(C(=O)Nc2nccnc2C(=O)NC2CCN(C(=O)CCc3ccccc3)CC2)c1. The van der Waals surface area contributed by atoms with E-state index in [4.69, 9.17) is 4.74 Å². The number of carbonyl (C=O) groups is 3. The second-order valence-electron chi connectivity index (χ2n) is 8.55. The lowest BCUT2D eigenvalue weighted by Gasteiger charge is -2.32. The van der Waals surface area contributed by atoms with E-state index in [1.54, 1.807) is 24.3 Å². The highest BCUT2D eigenvalue weighted by molar-refractivity contribution is 6.07. The summed E-state index contributed by atoms with van der Waals surface area (Å²) in [6.07, 6.45) is 5.30. The molecule has 3 amide bonds. The minimum absolute atomic E-state index is 0.0371. The molecule has 0 radical (unpaired) electrons. The van der Waals surface area contributed by atoms with Crippen molar-refractivity contribution in [2.24, 2.45) is 0 Å². The van der Waals surface area contributed by atoms with Crippen molar-refractivity contribution >= 4 is 23.5 Å². The fourth-order valence-corrected chi connectivity index (χ4v) is 4.12. The van der Waals surface area contributed by atoms with Gasteiger partial charge in [-0.05, 0) is 43.0 Å². The molecule has 2 heterocycles. The highest BCUT2D eigenvalue weighted by Gasteiger charge is 2.26. The Labute approximate surface area is 209 Å². The van der Waals surface area contributed by atoms with E-state index < -0.39 is 11.8 Å². The van der Waals surface area contributed by atoms with Crippen molar-refractivity contribution in [3.8, 4) is 5.75 Å². The molecule has 0 saturated carbocycles. The van der Waals surface area contributed by atoms with Crippen LogP contribution in [0.25, 0.3) is 0 Å². The first kappa shape index (κ1) is 24.8. The van der Waals surface area contributed by atoms with Gasteiger partial charge in [0.15, 0.2) is 11.5 Å². The van der Waals surface area contributed by atoms with Gasteiger partial charge in [-0.1, -0.05) is 36.4 Å². The molecule has 0 aliphatic carbocycles. The molecule has 1 aromatic heterocycles. The molecule has 186 valence electrons. The quantitative estimate of drug-likeness (QED) is 0.505. The molecule has 1 fully saturated rings. The minimum Gasteiger partial charge on any atom is -0.497 e. The van der Waals surface area contributed by atoms with Crippen LogP contribution in [0.4, 0.5) is 5.82 Å². The Morgan fingerprint density at radius 1 is 0.972 bits per heavy atom. The van der Waals surface area contributed by atoms with Crippen LogP contribution >= 0.6 is 0 Å². The van der Waals surface area contributed by atoms with Crippen molar-refractivity contribution in [2.45, 2.75) is 31.7 Å². The lowest BCUT2D eigenvalue weighted by molar-refractivity contribution is -0.132. The number of aryl methyl sites for hydroxylation is 1. The summed E-state index contributed by atoms with van der Waals surface area (Å²) < 4.78 is 5.16. The van der Waals surface area contributed by atoms with Gasteiger partial charge in [0.25, 0.3) is 11.8 Å². The lowest BCUT2D eigenvalue weighted by atomic mass is 10.0. The smallest absolute Gasteiger partial charge is 0.273 e. The number of nitrogens with zero attached hydrogens (tertiary/aromatic N) is 3.